The summed E-state index contributed by atoms with van der Waals surface area (Å²) < 4.78 is 16.9. The van der Waals surface area contributed by atoms with Crippen LogP contribution in [-0.4, -0.2) is 23.1 Å². The molecule has 1 N–H and O–H groups in total. The number of carbonyl (C=O) groups excluding carboxylic acids is 2. The van der Waals surface area contributed by atoms with E-state index in [0.29, 0.717) is 22.5 Å². The van der Waals surface area contributed by atoms with Crippen molar-refractivity contribution in [2.45, 2.75) is 59.7 Å². The number of aliphatic hydroxyl groups is 1. The lowest BCUT2D eigenvalue weighted by Crippen LogP contribution is -2.21. The van der Waals surface area contributed by atoms with Gasteiger partial charge < -0.3 is 19.0 Å². The number of ether oxygens (including phenoxy) is 2. The van der Waals surface area contributed by atoms with Crippen molar-refractivity contribution < 1.29 is 28.6 Å². The van der Waals surface area contributed by atoms with E-state index < -0.39 is 12.1 Å². The van der Waals surface area contributed by atoms with Gasteiger partial charge in [0.05, 0.1) is 12.4 Å². The molecule has 0 amide bonds. The average Bonchev–Trinajstić information content (AvgIpc) is 3.10. The summed E-state index contributed by atoms with van der Waals surface area (Å²) in [6.07, 6.45) is 6.20. The lowest BCUT2D eigenvalue weighted by atomic mass is 9.81. The number of hydrogen-bond acceptors (Lipinski definition) is 6. The Hall–Kier alpha value is -2.86. The number of aryl methyl sites for hydroxylation is 1. The molecule has 1 aromatic heterocycles. The summed E-state index contributed by atoms with van der Waals surface area (Å²) in [6.45, 7) is 8.99. The minimum Gasteiger partial charge on any atom is -0.460 e. The zero-order chi connectivity index (χ0) is 21.3. The predicted octanol–water partition coefficient (Wildman–Crippen LogP) is 4.56. The highest BCUT2D eigenvalue weighted by atomic mass is 16.5. The van der Waals surface area contributed by atoms with Crippen LogP contribution in [0.4, 0.5) is 0 Å². The SMILES string of the molecule is CC=C(C)C(=O)OCc1c2c(c(OC(=O)CC)c3occ(C)c13)C=CC(O)C2C. The number of rotatable bonds is 5. The molecule has 2 unspecified atom stereocenters. The third-order valence-corrected chi connectivity index (χ3v) is 5.38. The van der Waals surface area contributed by atoms with Crippen LogP contribution in [0.5, 0.6) is 5.75 Å². The van der Waals surface area contributed by atoms with Crippen molar-refractivity contribution in [3.05, 3.63) is 46.2 Å². The maximum Gasteiger partial charge on any atom is 0.333 e. The summed E-state index contributed by atoms with van der Waals surface area (Å²) in [5.74, 6) is -0.719. The molecule has 6 heteroatoms. The Morgan fingerprint density at radius 1 is 1.34 bits per heavy atom. The van der Waals surface area contributed by atoms with Gasteiger partial charge in [-0.2, -0.15) is 0 Å². The smallest absolute Gasteiger partial charge is 0.333 e. The first-order chi connectivity index (χ1) is 13.8. The van der Waals surface area contributed by atoms with Gasteiger partial charge in [-0.1, -0.05) is 32.1 Å². The van der Waals surface area contributed by atoms with Crippen molar-refractivity contribution in [2.75, 3.05) is 0 Å². The van der Waals surface area contributed by atoms with Crippen LogP contribution in [0.1, 0.15) is 62.3 Å². The summed E-state index contributed by atoms with van der Waals surface area (Å²) in [6, 6.07) is 0. The molecule has 0 aliphatic heterocycles. The van der Waals surface area contributed by atoms with Crippen LogP contribution < -0.4 is 4.74 Å². The van der Waals surface area contributed by atoms with Crippen LogP contribution in [0.2, 0.25) is 0 Å². The molecule has 1 heterocycles. The van der Waals surface area contributed by atoms with Crippen molar-refractivity contribution in [2.24, 2.45) is 0 Å². The first-order valence-electron chi connectivity index (χ1n) is 9.73. The molecule has 154 valence electrons. The second kappa shape index (κ2) is 8.25. The molecule has 0 saturated carbocycles. The number of esters is 2. The van der Waals surface area contributed by atoms with E-state index in [1.165, 1.54) is 0 Å². The summed E-state index contributed by atoms with van der Waals surface area (Å²) >= 11 is 0. The van der Waals surface area contributed by atoms with Crippen molar-refractivity contribution in [1.82, 2.24) is 0 Å². The standard InChI is InChI=1S/C23H26O6/c1-6-12(3)23(26)28-11-16-19-13(4)10-27-22(19)21(29-18(25)7-2)15-8-9-17(24)14(5)20(15)16/h6,8-10,14,17,24H,7,11H2,1-5H3. The highest BCUT2D eigenvalue weighted by Gasteiger charge is 2.32. The molecule has 1 aliphatic rings. The minimum atomic E-state index is -0.700. The Labute approximate surface area is 169 Å². The van der Waals surface area contributed by atoms with Gasteiger partial charge in [0.25, 0.3) is 0 Å². The normalized spacial score (nSPS) is 18.6. The van der Waals surface area contributed by atoms with Crippen LogP contribution in [-0.2, 0) is 20.9 Å². The van der Waals surface area contributed by atoms with E-state index in [0.717, 1.165) is 22.1 Å². The van der Waals surface area contributed by atoms with Crippen molar-refractivity contribution >= 4 is 29.0 Å². The van der Waals surface area contributed by atoms with Crippen LogP contribution in [0.15, 0.2) is 28.4 Å². The number of aliphatic hydroxyl groups excluding tert-OH is 1. The van der Waals surface area contributed by atoms with E-state index in [1.807, 2.05) is 13.8 Å². The Balaban J connectivity index is 2.24. The summed E-state index contributed by atoms with van der Waals surface area (Å²) in [4.78, 5) is 24.3. The van der Waals surface area contributed by atoms with Gasteiger partial charge in [0.2, 0.25) is 0 Å². The number of carbonyl (C=O) groups is 2. The molecule has 3 rings (SSSR count). The first-order valence-corrected chi connectivity index (χ1v) is 9.73. The van der Waals surface area contributed by atoms with E-state index in [2.05, 4.69) is 0 Å². The second-order valence-corrected chi connectivity index (χ2v) is 7.27. The van der Waals surface area contributed by atoms with Crippen LogP contribution >= 0.6 is 0 Å². The van der Waals surface area contributed by atoms with Crippen molar-refractivity contribution in [1.29, 1.82) is 0 Å². The Bertz CT molecular complexity index is 1020. The fraction of sp³-hybridized carbons (Fsp3) is 0.391. The molecule has 29 heavy (non-hydrogen) atoms. The van der Waals surface area contributed by atoms with Gasteiger partial charge in [0.1, 0.15) is 6.61 Å². The third-order valence-electron chi connectivity index (χ3n) is 5.38. The number of fused-ring (bicyclic) bond motifs is 2. The fourth-order valence-electron chi connectivity index (χ4n) is 3.55. The summed E-state index contributed by atoms with van der Waals surface area (Å²) in [7, 11) is 0. The fourth-order valence-corrected chi connectivity index (χ4v) is 3.55. The Morgan fingerprint density at radius 2 is 2.07 bits per heavy atom. The number of furan rings is 1. The van der Waals surface area contributed by atoms with Gasteiger partial charge in [-0.25, -0.2) is 4.79 Å². The first kappa shape index (κ1) is 20.9. The largest absolute Gasteiger partial charge is 0.460 e. The van der Waals surface area contributed by atoms with Gasteiger partial charge in [0, 0.05) is 34.4 Å². The molecule has 2 aromatic rings. The van der Waals surface area contributed by atoms with Gasteiger partial charge >= 0.3 is 11.9 Å². The summed E-state index contributed by atoms with van der Waals surface area (Å²) in [5, 5.41) is 11.2. The molecule has 0 bridgehead atoms. The quantitative estimate of drug-likeness (QED) is 0.451. The molecular weight excluding hydrogens is 372 g/mol. The molecule has 1 aliphatic carbocycles. The topological polar surface area (TPSA) is 86.0 Å². The van der Waals surface area contributed by atoms with Gasteiger partial charge in [-0.05, 0) is 31.9 Å². The third kappa shape index (κ3) is 3.72. The van der Waals surface area contributed by atoms with E-state index in [4.69, 9.17) is 13.9 Å². The maximum atomic E-state index is 12.2. The Kier molecular flexibility index (Phi) is 5.94. The van der Waals surface area contributed by atoms with E-state index in [-0.39, 0.29) is 24.9 Å². The lowest BCUT2D eigenvalue weighted by molar-refractivity contribution is -0.140. The minimum absolute atomic E-state index is 0.0239. The van der Waals surface area contributed by atoms with E-state index in [1.54, 1.807) is 45.3 Å². The number of allylic oxidation sites excluding steroid dienone is 1. The molecule has 2 atom stereocenters. The monoisotopic (exact) mass is 398 g/mol. The average molecular weight is 398 g/mol. The maximum absolute atomic E-state index is 12.2. The number of hydrogen-bond donors (Lipinski definition) is 1. The molecule has 6 nitrogen and oxygen atoms in total. The molecule has 0 radical (unpaired) electrons. The van der Waals surface area contributed by atoms with Gasteiger partial charge in [-0.15, -0.1) is 0 Å². The van der Waals surface area contributed by atoms with E-state index >= 15 is 0 Å². The lowest BCUT2D eigenvalue weighted by Gasteiger charge is -2.28. The molecule has 0 saturated heterocycles. The van der Waals surface area contributed by atoms with E-state index in [9.17, 15) is 14.7 Å². The van der Waals surface area contributed by atoms with Crippen molar-refractivity contribution in [3.63, 3.8) is 0 Å². The predicted molar refractivity (Wildman–Crippen MR) is 110 cm³/mol. The molecule has 0 fully saturated rings. The second-order valence-electron chi connectivity index (χ2n) is 7.27. The van der Waals surface area contributed by atoms with Crippen LogP contribution in [0, 0.1) is 6.92 Å². The molecular formula is C23H26O6. The van der Waals surface area contributed by atoms with Crippen molar-refractivity contribution in [3.8, 4) is 5.75 Å². The Morgan fingerprint density at radius 3 is 2.72 bits per heavy atom. The summed E-state index contributed by atoms with van der Waals surface area (Å²) in [5.41, 5.74) is 4.00. The van der Waals surface area contributed by atoms with Crippen LogP contribution in [0.25, 0.3) is 17.0 Å². The van der Waals surface area contributed by atoms with Gasteiger partial charge in [-0.3, -0.25) is 4.79 Å². The number of benzene rings is 1. The highest BCUT2D eigenvalue weighted by Crippen LogP contribution is 2.45. The zero-order valence-electron chi connectivity index (χ0n) is 17.4. The molecule has 1 aromatic carbocycles. The van der Waals surface area contributed by atoms with Crippen LogP contribution in [0.3, 0.4) is 0 Å². The molecule has 0 spiro atoms. The zero-order valence-corrected chi connectivity index (χ0v) is 17.4. The highest BCUT2D eigenvalue weighted by molar-refractivity contribution is 5.97. The van der Waals surface area contributed by atoms with Gasteiger partial charge in [0.15, 0.2) is 11.3 Å².